The van der Waals surface area contributed by atoms with E-state index < -0.39 is 23.9 Å². The van der Waals surface area contributed by atoms with Crippen LogP contribution in [0.1, 0.15) is 25.7 Å². The lowest BCUT2D eigenvalue weighted by molar-refractivity contribution is -0.186. The van der Waals surface area contributed by atoms with Gasteiger partial charge in [-0.2, -0.15) is 18.4 Å². The Balaban J connectivity index is 2.16. The second-order valence-corrected chi connectivity index (χ2v) is 6.04. The monoisotopic (exact) mass is 303 g/mol. The maximum absolute atomic E-state index is 13.1. The Hall–Kier alpha value is -1.29. The third kappa shape index (κ3) is 3.49. The van der Waals surface area contributed by atoms with Gasteiger partial charge in [-0.3, -0.25) is 4.79 Å². The molecule has 0 aromatic rings. The number of carbonyl (C=O) groups is 1. The molecule has 0 radical (unpaired) electrons. The topological polar surface area (TPSA) is 47.3 Å². The molecule has 0 bridgehead atoms. The van der Waals surface area contributed by atoms with Crippen LogP contribution in [0.25, 0.3) is 0 Å². The molecule has 2 fully saturated rings. The number of halogens is 3. The van der Waals surface area contributed by atoms with E-state index >= 15 is 0 Å². The maximum atomic E-state index is 13.1. The number of alkyl halides is 3. The second kappa shape index (κ2) is 6.22. The molecule has 0 aromatic heterocycles. The van der Waals surface area contributed by atoms with Gasteiger partial charge in [-0.05, 0) is 19.9 Å². The van der Waals surface area contributed by atoms with Gasteiger partial charge in [0, 0.05) is 19.1 Å². The summed E-state index contributed by atoms with van der Waals surface area (Å²) in [6.45, 7) is -0.156. The molecule has 0 spiro atoms. The van der Waals surface area contributed by atoms with Gasteiger partial charge in [-0.15, -0.1) is 0 Å². The molecule has 21 heavy (non-hydrogen) atoms. The van der Waals surface area contributed by atoms with Crippen LogP contribution in [0, 0.1) is 23.2 Å². The molecule has 1 heterocycles. The normalized spacial score (nSPS) is 27.8. The van der Waals surface area contributed by atoms with E-state index in [-0.39, 0.29) is 25.7 Å². The minimum absolute atomic E-state index is 0.0723. The van der Waals surface area contributed by atoms with Gasteiger partial charge in [0.05, 0.1) is 17.9 Å². The van der Waals surface area contributed by atoms with Gasteiger partial charge in [0.1, 0.15) is 6.54 Å². The first kappa shape index (κ1) is 16.1. The quantitative estimate of drug-likeness (QED) is 0.749. The maximum Gasteiger partial charge on any atom is 0.393 e. The fraction of sp³-hybridized carbons (Fsp3) is 0.857. The summed E-state index contributed by atoms with van der Waals surface area (Å²) in [5, 5.41) is 8.89. The van der Waals surface area contributed by atoms with Crippen molar-refractivity contribution in [2.45, 2.75) is 37.9 Å². The molecule has 2 rings (SSSR count). The highest BCUT2D eigenvalue weighted by Gasteiger charge is 2.52. The lowest BCUT2D eigenvalue weighted by Gasteiger charge is -2.31. The molecule has 1 amide bonds. The molecular formula is C14H20F3N3O. The van der Waals surface area contributed by atoms with Gasteiger partial charge < -0.3 is 9.80 Å². The Bertz CT molecular complexity index is 426. The molecule has 118 valence electrons. The van der Waals surface area contributed by atoms with Gasteiger partial charge >= 0.3 is 6.18 Å². The summed E-state index contributed by atoms with van der Waals surface area (Å²) in [4.78, 5) is 15.5. The smallest absolute Gasteiger partial charge is 0.326 e. The first-order chi connectivity index (χ1) is 9.84. The zero-order chi connectivity index (χ0) is 15.6. The van der Waals surface area contributed by atoms with E-state index in [2.05, 4.69) is 0 Å². The van der Waals surface area contributed by atoms with Crippen LogP contribution in [0.15, 0.2) is 0 Å². The highest BCUT2D eigenvalue weighted by molar-refractivity contribution is 5.80. The highest BCUT2D eigenvalue weighted by Crippen LogP contribution is 2.38. The number of hydrogen-bond acceptors (Lipinski definition) is 3. The van der Waals surface area contributed by atoms with E-state index in [1.165, 1.54) is 4.90 Å². The molecule has 0 aromatic carbocycles. The molecular weight excluding hydrogens is 283 g/mol. The largest absolute Gasteiger partial charge is 0.393 e. The summed E-state index contributed by atoms with van der Waals surface area (Å²) in [7, 11) is 1.59. The Morgan fingerprint density at radius 2 is 1.95 bits per heavy atom. The number of likely N-dealkylation sites (tertiary alicyclic amines) is 1. The zero-order valence-corrected chi connectivity index (χ0v) is 12.1. The fourth-order valence-corrected chi connectivity index (χ4v) is 3.47. The van der Waals surface area contributed by atoms with Crippen molar-refractivity contribution in [3.8, 4) is 6.07 Å². The van der Waals surface area contributed by atoms with Gasteiger partial charge in [0.2, 0.25) is 5.91 Å². The number of nitrogens with zero attached hydrogens (tertiary/aromatic N) is 3. The van der Waals surface area contributed by atoms with Crippen molar-refractivity contribution < 1.29 is 18.0 Å². The summed E-state index contributed by atoms with van der Waals surface area (Å²) in [6.07, 6.45) is -0.876. The lowest BCUT2D eigenvalue weighted by Crippen LogP contribution is -2.46. The van der Waals surface area contributed by atoms with Crippen molar-refractivity contribution >= 4 is 5.91 Å². The first-order valence-corrected chi connectivity index (χ1v) is 7.27. The molecule has 0 N–H and O–H groups in total. The van der Waals surface area contributed by atoms with Gasteiger partial charge in [0.25, 0.3) is 0 Å². The Morgan fingerprint density at radius 3 is 2.48 bits per heavy atom. The fourth-order valence-electron chi connectivity index (χ4n) is 3.47. The van der Waals surface area contributed by atoms with Crippen LogP contribution in [0.4, 0.5) is 13.2 Å². The third-order valence-corrected chi connectivity index (χ3v) is 4.53. The van der Waals surface area contributed by atoms with Crippen molar-refractivity contribution in [3.05, 3.63) is 0 Å². The Kier molecular flexibility index (Phi) is 4.77. The molecule has 2 aliphatic rings. The molecule has 1 saturated heterocycles. The summed E-state index contributed by atoms with van der Waals surface area (Å²) in [6, 6.07) is 1.85. The van der Waals surface area contributed by atoms with Crippen molar-refractivity contribution in [2.24, 2.45) is 11.8 Å². The SMILES string of the molecule is CN1C[C@@H](C(F)(F)F)[C@H](C(=O)N(CC#N)C2CCCC2)C1. The van der Waals surface area contributed by atoms with E-state index in [0.717, 1.165) is 25.7 Å². The summed E-state index contributed by atoms with van der Waals surface area (Å²) >= 11 is 0. The molecule has 1 aliphatic carbocycles. The standard InChI is InChI=1S/C14H20F3N3O/c1-19-8-11(12(9-19)14(15,16)17)13(21)20(7-6-18)10-4-2-3-5-10/h10-12H,2-5,7-9H2,1H3/t11-,12-/m1/s1. The molecule has 0 unspecified atom stereocenters. The Morgan fingerprint density at radius 1 is 1.33 bits per heavy atom. The highest BCUT2D eigenvalue weighted by atomic mass is 19.4. The minimum Gasteiger partial charge on any atom is -0.326 e. The van der Waals surface area contributed by atoms with E-state index in [1.807, 2.05) is 6.07 Å². The van der Waals surface area contributed by atoms with Crippen LogP contribution in [0.5, 0.6) is 0 Å². The van der Waals surface area contributed by atoms with Crippen LogP contribution < -0.4 is 0 Å². The summed E-state index contributed by atoms with van der Waals surface area (Å²) in [5.74, 6) is -3.21. The zero-order valence-electron chi connectivity index (χ0n) is 12.1. The minimum atomic E-state index is -4.38. The molecule has 7 heteroatoms. The van der Waals surface area contributed by atoms with E-state index in [0.29, 0.717) is 0 Å². The second-order valence-electron chi connectivity index (χ2n) is 6.04. The number of carbonyl (C=O) groups excluding carboxylic acids is 1. The summed E-state index contributed by atoms with van der Waals surface area (Å²) in [5.41, 5.74) is 0. The van der Waals surface area contributed by atoms with E-state index in [1.54, 1.807) is 11.9 Å². The number of nitriles is 1. The van der Waals surface area contributed by atoms with E-state index in [4.69, 9.17) is 5.26 Å². The predicted molar refractivity (Wildman–Crippen MR) is 70.1 cm³/mol. The van der Waals surface area contributed by atoms with Crippen molar-refractivity contribution in [1.29, 1.82) is 5.26 Å². The number of amides is 1. The molecule has 4 nitrogen and oxygen atoms in total. The van der Waals surface area contributed by atoms with Crippen LogP contribution >= 0.6 is 0 Å². The average molecular weight is 303 g/mol. The van der Waals surface area contributed by atoms with Crippen molar-refractivity contribution in [3.63, 3.8) is 0 Å². The lowest BCUT2D eigenvalue weighted by atomic mass is 9.93. The van der Waals surface area contributed by atoms with Crippen LogP contribution in [-0.4, -0.2) is 54.6 Å². The third-order valence-electron chi connectivity index (χ3n) is 4.53. The van der Waals surface area contributed by atoms with Gasteiger partial charge in [0.15, 0.2) is 0 Å². The van der Waals surface area contributed by atoms with Crippen LogP contribution in [0.2, 0.25) is 0 Å². The van der Waals surface area contributed by atoms with Gasteiger partial charge in [-0.25, -0.2) is 0 Å². The van der Waals surface area contributed by atoms with Crippen LogP contribution in [-0.2, 0) is 4.79 Å². The Labute approximate surface area is 122 Å². The van der Waals surface area contributed by atoms with Crippen molar-refractivity contribution in [2.75, 3.05) is 26.7 Å². The molecule has 1 saturated carbocycles. The molecule has 2 atom stereocenters. The summed E-state index contributed by atoms with van der Waals surface area (Å²) < 4.78 is 39.3. The molecule has 1 aliphatic heterocycles. The van der Waals surface area contributed by atoms with E-state index in [9.17, 15) is 18.0 Å². The predicted octanol–water partition coefficient (Wildman–Crippen LogP) is 2.02. The average Bonchev–Trinajstić information content (AvgIpc) is 3.03. The number of rotatable bonds is 3. The van der Waals surface area contributed by atoms with Crippen LogP contribution in [0.3, 0.4) is 0 Å². The van der Waals surface area contributed by atoms with Crippen molar-refractivity contribution in [1.82, 2.24) is 9.80 Å². The van der Waals surface area contributed by atoms with Gasteiger partial charge in [-0.1, -0.05) is 12.8 Å². The first-order valence-electron chi connectivity index (χ1n) is 7.27. The number of hydrogen-bond donors (Lipinski definition) is 0.